The Balaban J connectivity index is 1.42. The van der Waals surface area contributed by atoms with Crippen LogP contribution in [0.2, 0.25) is 0 Å². The number of fused-ring (bicyclic) bond motifs is 1. The molecule has 0 aliphatic heterocycles. The van der Waals surface area contributed by atoms with Crippen molar-refractivity contribution in [3.63, 3.8) is 0 Å². The highest BCUT2D eigenvalue weighted by molar-refractivity contribution is 5.77. The molecule has 1 aromatic carbocycles. The number of alkyl halides is 2. The molecule has 1 atom stereocenters. The zero-order chi connectivity index (χ0) is 22.9. The lowest BCUT2D eigenvalue weighted by Crippen LogP contribution is -2.38. The lowest BCUT2D eigenvalue weighted by Gasteiger charge is -2.34. The average molecular weight is 449 g/mol. The monoisotopic (exact) mass is 449 g/mol. The van der Waals surface area contributed by atoms with Crippen molar-refractivity contribution in [2.75, 3.05) is 13.2 Å². The topological polar surface area (TPSA) is 86.5 Å². The van der Waals surface area contributed by atoms with Crippen LogP contribution in [0.4, 0.5) is 13.2 Å². The second-order valence-electron chi connectivity index (χ2n) is 8.00. The quantitative estimate of drug-likeness (QED) is 0.550. The minimum absolute atomic E-state index is 0.00792. The number of amides is 1. The fourth-order valence-corrected chi connectivity index (χ4v) is 3.48. The van der Waals surface area contributed by atoms with Crippen molar-refractivity contribution in [3.05, 3.63) is 36.3 Å². The number of aromatic nitrogens is 2. The maximum atomic E-state index is 14.6. The second kappa shape index (κ2) is 8.68. The SMILES string of the molecule is CC(=O)NC(C)COc1cnc(-c2nc3ccc(OCC4CC(F)(F)C4)cc3o2)c(F)c1. The Kier molecular flexibility index (Phi) is 5.94. The first-order chi connectivity index (χ1) is 15.2. The summed E-state index contributed by atoms with van der Waals surface area (Å²) in [5.41, 5.74) is 0.762. The first kappa shape index (κ1) is 21.9. The molecule has 1 amide bonds. The third kappa shape index (κ3) is 5.12. The number of hydrogen-bond acceptors (Lipinski definition) is 6. The van der Waals surface area contributed by atoms with E-state index in [0.717, 1.165) is 0 Å². The van der Waals surface area contributed by atoms with Crippen molar-refractivity contribution in [2.45, 2.75) is 38.7 Å². The van der Waals surface area contributed by atoms with Crippen LogP contribution in [-0.2, 0) is 4.79 Å². The number of hydrogen-bond donors (Lipinski definition) is 1. The summed E-state index contributed by atoms with van der Waals surface area (Å²) in [6.45, 7) is 3.51. The Morgan fingerprint density at radius 3 is 2.75 bits per heavy atom. The van der Waals surface area contributed by atoms with Crippen molar-refractivity contribution >= 4 is 17.0 Å². The van der Waals surface area contributed by atoms with Gasteiger partial charge in [-0.2, -0.15) is 0 Å². The summed E-state index contributed by atoms with van der Waals surface area (Å²) in [7, 11) is 0. The molecule has 0 bridgehead atoms. The van der Waals surface area contributed by atoms with E-state index in [-0.39, 0.29) is 61.3 Å². The van der Waals surface area contributed by atoms with E-state index in [1.165, 1.54) is 19.2 Å². The summed E-state index contributed by atoms with van der Waals surface area (Å²) in [6.07, 6.45) is 1.01. The van der Waals surface area contributed by atoms with Crippen LogP contribution >= 0.6 is 0 Å². The van der Waals surface area contributed by atoms with E-state index in [4.69, 9.17) is 13.9 Å². The van der Waals surface area contributed by atoms with Gasteiger partial charge in [0.1, 0.15) is 23.6 Å². The average Bonchev–Trinajstić information content (AvgIpc) is 3.11. The normalized spacial score (nSPS) is 16.4. The summed E-state index contributed by atoms with van der Waals surface area (Å²) >= 11 is 0. The van der Waals surface area contributed by atoms with Crippen LogP contribution < -0.4 is 14.8 Å². The molecule has 1 N–H and O–H groups in total. The van der Waals surface area contributed by atoms with Crippen molar-refractivity contribution < 1.29 is 31.9 Å². The van der Waals surface area contributed by atoms with E-state index < -0.39 is 11.7 Å². The summed E-state index contributed by atoms with van der Waals surface area (Å²) in [6, 6.07) is 5.81. The third-order valence-electron chi connectivity index (χ3n) is 4.99. The van der Waals surface area contributed by atoms with Crippen LogP contribution in [0.1, 0.15) is 26.7 Å². The molecule has 7 nitrogen and oxygen atoms in total. The van der Waals surface area contributed by atoms with Gasteiger partial charge in [0.15, 0.2) is 17.1 Å². The van der Waals surface area contributed by atoms with E-state index in [0.29, 0.717) is 16.8 Å². The van der Waals surface area contributed by atoms with Crippen LogP contribution in [0.15, 0.2) is 34.9 Å². The van der Waals surface area contributed by atoms with Crippen LogP contribution in [0.25, 0.3) is 22.7 Å². The van der Waals surface area contributed by atoms with E-state index in [1.807, 2.05) is 0 Å². The number of pyridine rings is 1. The highest BCUT2D eigenvalue weighted by Crippen LogP contribution is 2.42. The Bertz CT molecular complexity index is 1130. The zero-order valence-electron chi connectivity index (χ0n) is 17.5. The number of ether oxygens (including phenoxy) is 2. The van der Waals surface area contributed by atoms with Gasteiger partial charge in [-0.3, -0.25) is 4.79 Å². The van der Waals surface area contributed by atoms with Crippen LogP contribution in [0.3, 0.4) is 0 Å². The Labute approximate surface area is 181 Å². The van der Waals surface area contributed by atoms with Gasteiger partial charge >= 0.3 is 0 Å². The lowest BCUT2D eigenvalue weighted by atomic mass is 9.82. The number of carbonyl (C=O) groups excluding carboxylic acids is 1. The number of halogens is 3. The minimum atomic E-state index is -2.58. The summed E-state index contributed by atoms with van der Waals surface area (Å²) in [4.78, 5) is 19.3. The number of benzene rings is 1. The van der Waals surface area contributed by atoms with Gasteiger partial charge in [-0.15, -0.1) is 0 Å². The molecule has 170 valence electrons. The molecular weight excluding hydrogens is 427 g/mol. The molecule has 1 aliphatic rings. The number of oxazole rings is 1. The lowest BCUT2D eigenvalue weighted by molar-refractivity contribution is -0.120. The molecule has 1 fully saturated rings. The van der Waals surface area contributed by atoms with Gasteiger partial charge in [-0.25, -0.2) is 23.1 Å². The van der Waals surface area contributed by atoms with Gasteiger partial charge in [0.05, 0.1) is 18.8 Å². The maximum absolute atomic E-state index is 14.6. The molecule has 3 aromatic rings. The van der Waals surface area contributed by atoms with Gasteiger partial charge in [-0.05, 0) is 19.1 Å². The van der Waals surface area contributed by atoms with Crippen molar-refractivity contribution in [3.8, 4) is 23.1 Å². The number of carbonyl (C=O) groups is 1. The molecular formula is C22H22F3N3O4. The second-order valence-corrected chi connectivity index (χ2v) is 8.00. The molecule has 2 heterocycles. The van der Waals surface area contributed by atoms with Gasteiger partial charge in [0, 0.05) is 37.8 Å². The van der Waals surface area contributed by atoms with E-state index in [1.54, 1.807) is 25.1 Å². The summed E-state index contributed by atoms with van der Waals surface area (Å²) in [5, 5.41) is 2.66. The zero-order valence-corrected chi connectivity index (χ0v) is 17.5. The van der Waals surface area contributed by atoms with E-state index >= 15 is 0 Å². The molecule has 0 saturated heterocycles. The molecule has 32 heavy (non-hydrogen) atoms. The summed E-state index contributed by atoms with van der Waals surface area (Å²) < 4.78 is 57.1. The highest BCUT2D eigenvalue weighted by Gasteiger charge is 2.45. The molecule has 1 saturated carbocycles. The van der Waals surface area contributed by atoms with Crippen molar-refractivity contribution in [1.82, 2.24) is 15.3 Å². The third-order valence-corrected chi connectivity index (χ3v) is 4.99. The van der Waals surface area contributed by atoms with Crippen LogP contribution in [0, 0.1) is 11.7 Å². The molecule has 10 heteroatoms. The van der Waals surface area contributed by atoms with Crippen molar-refractivity contribution in [1.29, 1.82) is 0 Å². The van der Waals surface area contributed by atoms with Gasteiger partial charge in [0.25, 0.3) is 0 Å². The summed E-state index contributed by atoms with van der Waals surface area (Å²) in [5.74, 6) is -2.96. The van der Waals surface area contributed by atoms with Gasteiger partial charge in [0.2, 0.25) is 17.7 Å². The van der Waals surface area contributed by atoms with Crippen molar-refractivity contribution in [2.24, 2.45) is 5.92 Å². The molecule has 0 spiro atoms. The Morgan fingerprint density at radius 2 is 2.06 bits per heavy atom. The first-order valence-corrected chi connectivity index (χ1v) is 10.2. The standard InChI is InChI=1S/C22H22F3N3O4/c1-12(27-13(2)29)10-30-16-5-17(23)20(26-9-16)21-28-18-4-3-15(6-19(18)32-21)31-11-14-7-22(24,25)8-14/h3-6,9,12,14H,7-8,10-11H2,1-2H3,(H,27,29). The van der Waals surface area contributed by atoms with Gasteiger partial charge < -0.3 is 19.2 Å². The number of rotatable bonds is 8. The first-order valence-electron chi connectivity index (χ1n) is 10.2. The minimum Gasteiger partial charge on any atom is -0.493 e. The predicted molar refractivity (Wildman–Crippen MR) is 109 cm³/mol. The fraction of sp³-hybridized carbons (Fsp3) is 0.409. The largest absolute Gasteiger partial charge is 0.493 e. The van der Waals surface area contributed by atoms with E-state index in [9.17, 15) is 18.0 Å². The smallest absolute Gasteiger partial charge is 0.249 e. The number of nitrogens with zero attached hydrogens (tertiary/aromatic N) is 2. The molecule has 2 aromatic heterocycles. The number of nitrogens with one attached hydrogen (secondary N) is 1. The Morgan fingerprint density at radius 1 is 1.28 bits per heavy atom. The van der Waals surface area contributed by atoms with Crippen LogP contribution in [-0.4, -0.2) is 41.1 Å². The molecule has 4 rings (SSSR count). The van der Waals surface area contributed by atoms with E-state index in [2.05, 4.69) is 15.3 Å². The van der Waals surface area contributed by atoms with Gasteiger partial charge in [-0.1, -0.05) is 0 Å². The molecule has 1 unspecified atom stereocenters. The van der Waals surface area contributed by atoms with Crippen LogP contribution in [0.5, 0.6) is 11.5 Å². The fourth-order valence-electron chi connectivity index (χ4n) is 3.48. The molecule has 1 aliphatic carbocycles. The molecule has 0 radical (unpaired) electrons. The predicted octanol–water partition coefficient (Wildman–Crippen LogP) is 4.36. The Hall–Kier alpha value is -3.30. The highest BCUT2D eigenvalue weighted by atomic mass is 19.3. The maximum Gasteiger partial charge on any atom is 0.249 e.